The highest BCUT2D eigenvalue weighted by Gasteiger charge is 2.21. The van der Waals surface area contributed by atoms with Crippen LogP contribution in [0.25, 0.3) is 27.6 Å². The number of nitrogens with one attached hydrogen (secondary N) is 1. The average molecular weight is 488 g/mol. The van der Waals surface area contributed by atoms with Crippen LogP contribution in [0.5, 0.6) is 5.75 Å². The Hall–Kier alpha value is -2.37. The molecule has 32 heavy (non-hydrogen) atoms. The monoisotopic (exact) mass is 487 g/mol. The molecule has 1 aliphatic heterocycles. The fourth-order valence-corrected chi connectivity index (χ4v) is 5.37. The minimum absolute atomic E-state index is 0.0259. The molecule has 0 radical (unpaired) electrons. The first-order valence-electron chi connectivity index (χ1n) is 10.3. The number of hydrogen-bond acceptors (Lipinski definition) is 9. The number of halogens is 1. The fraction of sp³-hybridized carbons (Fsp3) is 0.286. The van der Waals surface area contributed by atoms with Gasteiger partial charge in [0.15, 0.2) is 4.96 Å². The molecule has 0 atom stereocenters. The van der Waals surface area contributed by atoms with Gasteiger partial charge in [-0.2, -0.15) is 0 Å². The van der Waals surface area contributed by atoms with Crippen LogP contribution in [-0.4, -0.2) is 65.8 Å². The van der Waals surface area contributed by atoms with Crippen molar-refractivity contribution in [2.75, 3.05) is 38.0 Å². The summed E-state index contributed by atoms with van der Waals surface area (Å²) in [4.78, 5) is 14.8. The summed E-state index contributed by atoms with van der Waals surface area (Å²) < 4.78 is 6.70. The largest absolute Gasteiger partial charge is 0.506 e. The van der Waals surface area contributed by atoms with E-state index in [-0.39, 0.29) is 5.75 Å². The van der Waals surface area contributed by atoms with Crippen molar-refractivity contribution in [3.63, 3.8) is 0 Å². The molecule has 0 bridgehead atoms. The summed E-state index contributed by atoms with van der Waals surface area (Å²) in [5.74, 6) is 0.604. The van der Waals surface area contributed by atoms with E-state index < -0.39 is 0 Å². The Labute approximate surface area is 199 Å². The van der Waals surface area contributed by atoms with Gasteiger partial charge in [0, 0.05) is 68.2 Å². The predicted molar refractivity (Wildman–Crippen MR) is 131 cm³/mol. The van der Waals surface area contributed by atoms with E-state index in [0.29, 0.717) is 11.0 Å². The van der Waals surface area contributed by atoms with Crippen LogP contribution < -0.4 is 5.32 Å². The highest BCUT2D eigenvalue weighted by atomic mass is 35.5. The lowest BCUT2D eigenvalue weighted by Crippen LogP contribution is -2.22. The van der Waals surface area contributed by atoms with E-state index in [2.05, 4.69) is 25.8 Å². The van der Waals surface area contributed by atoms with Gasteiger partial charge < -0.3 is 10.4 Å². The maximum absolute atomic E-state index is 10.1. The summed E-state index contributed by atoms with van der Waals surface area (Å²) in [6.45, 7) is 7.04. The molecule has 0 amide bonds. The first-order valence-corrected chi connectivity index (χ1v) is 12.3. The van der Waals surface area contributed by atoms with Crippen molar-refractivity contribution in [2.24, 2.45) is 0 Å². The number of aromatic nitrogens is 4. The van der Waals surface area contributed by atoms with E-state index in [4.69, 9.17) is 21.6 Å². The van der Waals surface area contributed by atoms with Gasteiger partial charge in [0.25, 0.3) is 0 Å². The molecule has 4 aromatic rings. The summed E-state index contributed by atoms with van der Waals surface area (Å²) in [6, 6.07) is 7.03. The van der Waals surface area contributed by atoms with Crippen molar-refractivity contribution in [1.29, 1.82) is 0 Å². The summed E-state index contributed by atoms with van der Waals surface area (Å²) in [6.07, 6.45) is 3.73. The number of fused-ring (bicyclic) bond motifs is 1. The lowest BCUT2D eigenvalue weighted by molar-refractivity contribution is 0.476. The van der Waals surface area contributed by atoms with Crippen molar-refractivity contribution in [1.82, 2.24) is 28.0 Å². The van der Waals surface area contributed by atoms with Crippen molar-refractivity contribution in [3.8, 4) is 28.4 Å². The summed E-state index contributed by atoms with van der Waals surface area (Å²) in [5.41, 5.74) is 3.12. The zero-order valence-corrected chi connectivity index (χ0v) is 19.8. The lowest BCUT2D eigenvalue weighted by Gasteiger charge is -2.15. The minimum Gasteiger partial charge on any atom is -0.506 e. The second-order valence-corrected chi connectivity index (χ2v) is 9.73. The zero-order valence-electron chi connectivity index (χ0n) is 17.4. The number of nitrogens with zero attached hydrogens (tertiary/aromatic N) is 6. The van der Waals surface area contributed by atoms with Crippen LogP contribution in [0.15, 0.2) is 42.0 Å². The molecule has 8 nitrogen and oxygen atoms in total. The third kappa shape index (κ3) is 4.28. The molecular weight excluding hydrogens is 466 g/mol. The van der Waals surface area contributed by atoms with E-state index in [0.717, 1.165) is 60.3 Å². The van der Waals surface area contributed by atoms with Gasteiger partial charge >= 0.3 is 0 Å². The van der Waals surface area contributed by atoms with Crippen LogP contribution in [0.3, 0.4) is 0 Å². The van der Waals surface area contributed by atoms with Gasteiger partial charge in [0.1, 0.15) is 11.4 Å². The quantitative estimate of drug-likeness (QED) is 0.369. The molecule has 166 valence electrons. The van der Waals surface area contributed by atoms with E-state index in [9.17, 15) is 5.11 Å². The number of benzene rings is 1. The molecule has 5 rings (SSSR count). The number of imidazole rings is 1. The van der Waals surface area contributed by atoms with Crippen molar-refractivity contribution < 1.29 is 5.11 Å². The van der Waals surface area contributed by atoms with Crippen LogP contribution >= 0.6 is 35.1 Å². The number of likely N-dealkylation sites (N-methyl/N-ethyl adjacent to an activating group) is 1. The number of anilines is 1. The number of hydrogen-bond donors (Lipinski definition) is 2. The minimum atomic E-state index is 0.0259. The standard InChI is InChI=1S/C21H22ClN7OS2/c1-2-27-9-10-28(32-27)8-7-24-20-23-6-5-16(25-20)19-18(26-21-29(19)11-12-31-21)14-3-4-15(22)17(30)13-14/h3-6,11-13,30H,2,7-10H2,1H3,(H,23,24,25). The number of phenolic OH excluding ortho intramolecular Hbond substituents is 1. The van der Waals surface area contributed by atoms with Crippen molar-refractivity contribution >= 4 is 46.0 Å². The SMILES string of the molecule is CCN1CCN(CCNc2nccc(-c3c(-c4ccc(Cl)c(O)c4)nc4sccn34)n2)S1. The first-order chi connectivity index (χ1) is 15.6. The first kappa shape index (κ1) is 21.5. The average Bonchev–Trinajstić information content (AvgIpc) is 3.52. The van der Waals surface area contributed by atoms with Crippen LogP contribution in [0, 0.1) is 0 Å². The molecule has 0 saturated carbocycles. The zero-order chi connectivity index (χ0) is 22.1. The maximum atomic E-state index is 10.1. The van der Waals surface area contributed by atoms with E-state index in [1.165, 1.54) is 0 Å². The van der Waals surface area contributed by atoms with E-state index in [1.807, 2.05) is 28.1 Å². The molecule has 1 aliphatic rings. The molecular formula is C21H22ClN7OS2. The van der Waals surface area contributed by atoms with E-state index in [1.54, 1.807) is 41.8 Å². The topological polar surface area (TPSA) is 81.8 Å². The smallest absolute Gasteiger partial charge is 0.223 e. The van der Waals surface area contributed by atoms with Gasteiger partial charge in [-0.15, -0.1) is 11.3 Å². The molecule has 0 spiro atoms. The molecule has 1 aromatic carbocycles. The number of rotatable bonds is 7. The maximum Gasteiger partial charge on any atom is 0.223 e. The summed E-state index contributed by atoms with van der Waals surface area (Å²) in [5, 5.41) is 15.7. The van der Waals surface area contributed by atoms with Crippen LogP contribution in [0.4, 0.5) is 5.95 Å². The second kappa shape index (κ2) is 9.24. The fourth-order valence-electron chi connectivity index (χ4n) is 3.60. The van der Waals surface area contributed by atoms with Crippen LogP contribution in [0.2, 0.25) is 5.02 Å². The highest BCUT2D eigenvalue weighted by Crippen LogP contribution is 2.36. The Bertz CT molecular complexity index is 1240. The van der Waals surface area contributed by atoms with Crippen LogP contribution in [-0.2, 0) is 0 Å². The Morgan fingerprint density at radius 3 is 2.88 bits per heavy atom. The summed E-state index contributed by atoms with van der Waals surface area (Å²) >= 11 is 9.35. The van der Waals surface area contributed by atoms with Crippen LogP contribution in [0.1, 0.15) is 6.92 Å². The number of phenols is 1. The second-order valence-electron chi connectivity index (χ2n) is 7.26. The van der Waals surface area contributed by atoms with Crippen molar-refractivity contribution in [2.45, 2.75) is 6.92 Å². The number of thiazole rings is 1. The van der Waals surface area contributed by atoms with Gasteiger partial charge in [-0.1, -0.05) is 24.6 Å². The third-order valence-electron chi connectivity index (χ3n) is 5.21. The van der Waals surface area contributed by atoms with Gasteiger partial charge in [0.05, 0.1) is 16.4 Å². The molecule has 0 unspecified atom stereocenters. The van der Waals surface area contributed by atoms with Crippen molar-refractivity contribution in [3.05, 3.63) is 47.1 Å². The summed E-state index contributed by atoms with van der Waals surface area (Å²) in [7, 11) is 0. The van der Waals surface area contributed by atoms with Gasteiger partial charge in [-0.05, 0) is 18.2 Å². The van der Waals surface area contributed by atoms with Gasteiger partial charge in [-0.3, -0.25) is 4.40 Å². The molecule has 1 saturated heterocycles. The van der Waals surface area contributed by atoms with Gasteiger partial charge in [-0.25, -0.2) is 23.6 Å². The number of aromatic hydroxyl groups is 1. The molecule has 1 fully saturated rings. The molecule has 0 aliphatic carbocycles. The predicted octanol–water partition coefficient (Wildman–Crippen LogP) is 4.49. The Morgan fingerprint density at radius 1 is 1.19 bits per heavy atom. The highest BCUT2D eigenvalue weighted by molar-refractivity contribution is 7.94. The molecule has 11 heteroatoms. The Kier molecular flexibility index (Phi) is 6.20. The molecule has 4 heterocycles. The Balaban J connectivity index is 1.40. The van der Waals surface area contributed by atoms with Gasteiger partial charge in [0.2, 0.25) is 5.95 Å². The van der Waals surface area contributed by atoms with E-state index >= 15 is 0 Å². The molecule has 3 aromatic heterocycles. The lowest BCUT2D eigenvalue weighted by atomic mass is 10.1. The Morgan fingerprint density at radius 2 is 2.06 bits per heavy atom. The molecule has 2 N–H and O–H groups in total. The normalized spacial score (nSPS) is 15.1. The third-order valence-corrected chi connectivity index (χ3v) is 7.55.